The Bertz CT molecular complexity index is 1010. The fourth-order valence-electron chi connectivity index (χ4n) is 3.27. The van der Waals surface area contributed by atoms with Gasteiger partial charge in [-0.15, -0.1) is 11.3 Å². The van der Waals surface area contributed by atoms with Gasteiger partial charge in [0.25, 0.3) is 11.8 Å². The van der Waals surface area contributed by atoms with Crippen LogP contribution < -0.4 is 15.0 Å². The minimum absolute atomic E-state index is 0.0273. The van der Waals surface area contributed by atoms with Crippen molar-refractivity contribution in [2.24, 2.45) is 0 Å². The topological polar surface area (TPSA) is 58.6 Å². The molecule has 6 heteroatoms. The Balaban J connectivity index is 1.46. The fourth-order valence-corrected chi connectivity index (χ4v) is 4.34. The summed E-state index contributed by atoms with van der Waals surface area (Å²) >= 11 is 1.46. The van der Waals surface area contributed by atoms with E-state index in [9.17, 15) is 9.59 Å². The molecule has 1 aliphatic rings. The number of nitrogens with zero attached hydrogens (tertiary/aromatic N) is 1. The molecule has 2 heterocycles. The van der Waals surface area contributed by atoms with E-state index in [1.807, 2.05) is 60.7 Å². The van der Waals surface area contributed by atoms with E-state index in [0.717, 1.165) is 28.3 Å². The predicted molar refractivity (Wildman–Crippen MR) is 110 cm³/mol. The van der Waals surface area contributed by atoms with E-state index in [1.165, 1.54) is 11.3 Å². The standard InChI is InChI=1S/C22H20N2O3S/c1-27-17-9-5-6-15(12-17)14-23-21(25)20-13-18-19(28-20)10-11-24(18)22(26)16-7-3-2-4-8-16/h2-9,12-13H,10-11,14H2,1H3,(H,23,25). The summed E-state index contributed by atoms with van der Waals surface area (Å²) in [6, 6.07) is 18.7. The zero-order valence-electron chi connectivity index (χ0n) is 15.5. The van der Waals surface area contributed by atoms with Crippen molar-refractivity contribution in [2.75, 3.05) is 18.6 Å². The lowest BCUT2D eigenvalue weighted by molar-refractivity contribution is 0.0952. The molecule has 0 unspecified atom stereocenters. The van der Waals surface area contributed by atoms with Gasteiger partial charge in [0.05, 0.1) is 17.7 Å². The molecule has 1 aliphatic heterocycles. The van der Waals surface area contributed by atoms with Crippen LogP contribution in [-0.2, 0) is 13.0 Å². The van der Waals surface area contributed by atoms with Gasteiger partial charge in [-0.3, -0.25) is 9.59 Å². The van der Waals surface area contributed by atoms with Crippen molar-refractivity contribution in [3.8, 4) is 5.75 Å². The Morgan fingerprint density at radius 1 is 1.11 bits per heavy atom. The average Bonchev–Trinajstić information content (AvgIpc) is 3.33. The number of methoxy groups -OCH3 is 1. The van der Waals surface area contributed by atoms with E-state index < -0.39 is 0 Å². The maximum absolute atomic E-state index is 12.8. The van der Waals surface area contributed by atoms with Crippen molar-refractivity contribution >= 4 is 28.8 Å². The third-order valence-electron chi connectivity index (χ3n) is 4.72. The zero-order chi connectivity index (χ0) is 19.5. The van der Waals surface area contributed by atoms with E-state index in [4.69, 9.17) is 4.74 Å². The molecule has 2 amide bonds. The van der Waals surface area contributed by atoms with Crippen LogP contribution in [-0.4, -0.2) is 25.5 Å². The molecule has 3 aromatic rings. The number of rotatable bonds is 5. The van der Waals surface area contributed by atoms with Crippen molar-refractivity contribution in [2.45, 2.75) is 13.0 Å². The summed E-state index contributed by atoms with van der Waals surface area (Å²) in [6.07, 6.45) is 0.780. The molecule has 142 valence electrons. The van der Waals surface area contributed by atoms with Gasteiger partial charge >= 0.3 is 0 Å². The summed E-state index contributed by atoms with van der Waals surface area (Å²) in [5.41, 5.74) is 2.48. The predicted octanol–water partition coefficient (Wildman–Crippen LogP) is 3.89. The van der Waals surface area contributed by atoms with Gasteiger partial charge in [-0.05, 0) is 35.9 Å². The lowest BCUT2D eigenvalue weighted by Gasteiger charge is -2.16. The molecule has 4 rings (SSSR count). The number of thiophene rings is 1. The fraction of sp³-hybridized carbons (Fsp3) is 0.182. The van der Waals surface area contributed by atoms with Gasteiger partial charge in [0.2, 0.25) is 0 Å². The van der Waals surface area contributed by atoms with Crippen molar-refractivity contribution in [1.29, 1.82) is 0 Å². The first-order valence-electron chi connectivity index (χ1n) is 9.06. The molecule has 0 saturated carbocycles. The third-order valence-corrected chi connectivity index (χ3v) is 5.90. The van der Waals surface area contributed by atoms with Crippen LogP contribution in [0.3, 0.4) is 0 Å². The number of anilines is 1. The summed E-state index contributed by atoms with van der Waals surface area (Å²) in [7, 11) is 1.62. The van der Waals surface area contributed by atoms with E-state index in [0.29, 0.717) is 23.5 Å². The molecule has 0 bridgehead atoms. The largest absolute Gasteiger partial charge is 0.497 e. The minimum atomic E-state index is -0.130. The van der Waals surface area contributed by atoms with Crippen LogP contribution in [0.5, 0.6) is 5.75 Å². The Hall–Kier alpha value is -3.12. The van der Waals surface area contributed by atoms with Gasteiger partial charge in [-0.25, -0.2) is 0 Å². The van der Waals surface area contributed by atoms with Crippen LogP contribution in [0.15, 0.2) is 60.7 Å². The number of benzene rings is 2. The van der Waals surface area contributed by atoms with E-state index in [1.54, 1.807) is 12.0 Å². The summed E-state index contributed by atoms with van der Waals surface area (Å²) in [5, 5.41) is 2.94. The number of carbonyl (C=O) groups excluding carboxylic acids is 2. The molecular weight excluding hydrogens is 372 g/mol. The lowest BCUT2D eigenvalue weighted by atomic mass is 10.2. The highest BCUT2D eigenvalue weighted by molar-refractivity contribution is 7.14. The van der Waals surface area contributed by atoms with Gasteiger partial charge in [-0.1, -0.05) is 30.3 Å². The second-order valence-electron chi connectivity index (χ2n) is 6.53. The molecule has 0 spiro atoms. The number of nitrogens with one attached hydrogen (secondary N) is 1. The molecule has 0 saturated heterocycles. The summed E-state index contributed by atoms with van der Waals surface area (Å²) < 4.78 is 5.21. The van der Waals surface area contributed by atoms with Crippen LogP contribution in [0.1, 0.15) is 30.5 Å². The first kappa shape index (κ1) is 18.3. The molecule has 5 nitrogen and oxygen atoms in total. The molecule has 1 aromatic heterocycles. The highest BCUT2D eigenvalue weighted by atomic mass is 32.1. The van der Waals surface area contributed by atoms with Crippen LogP contribution in [0.4, 0.5) is 5.69 Å². The summed E-state index contributed by atoms with van der Waals surface area (Å²) in [5.74, 6) is 0.603. The second kappa shape index (κ2) is 7.86. The number of hydrogen-bond donors (Lipinski definition) is 1. The number of carbonyl (C=O) groups is 2. The number of ether oxygens (including phenoxy) is 1. The van der Waals surface area contributed by atoms with E-state index >= 15 is 0 Å². The second-order valence-corrected chi connectivity index (χ2v) is 7.66. The molecule has 2 aromatic carbocycles. The molecule has 28 heavy (non-hydrogen) atoms. The Kier molecular flexibility index (Phi) is 5.12. The molecule has 0 fully saturated rings. The van der Waals surface area contributed by atoms with Crippen molar-refractivity contribution in [1.82, 2.24) is 5.32 Å². The van der Waals surface area contributed by atoms with Gasteiger partial charge in [0.1, 0.15) is 5.75 Å². The van der Waals surface area contributed by atoms with Crippen LogP contribution >= 0.6 is 11.3 Å². The Morgan fingerprint density at radius 3 is 2.71 bits per heavy atom. The van der Waals surface area contributed by atoms with E-state index in [-0.39, 0.29) is 11.8 Å². The SMILES string of the molecule is COc1cccc(CNC(=O)c2cc3c(s2)CCN3C(=O)c2ccccc2)c1. The maximum Gasteiger partial charge on any atom is 0.261 e. The lowest BCUT2D eigenvalue weighted by Crippen LogP contribution is -2.29. The minimum Gasteiger partial charge on any atom is -0.497 e. The Labute approximate surface area is 167 Å². The molecule has 1 N–H and O–H groups in total. The molecule has 0 radical (unpaired) electrons. The quantitative estimate of drug-likeness (QED) is 0.717. The molecular formula is C22H20N2O3S. The highest BCUT2D eigenvalue weighted by Gasteiger charge is 2.29. The number of hydrogen-bond acceptors (Lipinski definition) is 4. The van der Waals surface area contributed by atoms with Crippen LogP contribution in [0.25, 0.3) is 0 Å². The van der Waals surface area contributed by atoms with Crippen molar-refractivity contribution in [3.05, 3.63) is 81.5 Å². The monoisotopic (exact) mass is 392 g/mol. The summed E-state index contributed by atoms with van der Waals surface area (Å²) in [4.78, 5) is 28.8. The zero-order valence-corrected chi connectivity index (χ0v) is 16.3. The van der Waals surface area contributed by atoms with Gasteiger partial charge in [-0.2, -0.15) is 0 Å². The molecule has 0 atom stereocenters. The number of amides is 2. The summed E-state index contributed by atoms with van der Waals surface area (Å²) in [6.45, 7) is 1.08. The first-order chi connectivity index (χ1) is 13.7. The average molecular weight is 392 g/mol. The highest BCUT2D eigenvalue weighted by Crippen LogP contribution is 2.36. The van der Waals surface area contributed by atoms with Crippen LogP contribution in [0, 0.1) is 0 Å². The first-order valence-corrected chi connectivity index (χ1v) is 9.88. The van der Waals surface area contributed by atoms with E-state index in [2.05, 4.69) is 5.32 Å². The molecule has 0 aliphatic carbocycles. The number of fused-ring (bicyclic) bond motifs is 1. The normalized spacial score (nSPS) is 12.5. The van der Waals surface area contributed by atoms with Gasteiger partial charge in [0.15, 0.2) is 0 Å². The van der Waals surface area contributed by atoms with Gasteiger partial charge in [0, 0.05) is 30.0 Å². The van der Waals surface area contributed by atoms with Crippen LogP contribution in [0.2, 0.25) is 0 Å². The third kappa shape index (κ3) is 3.64. The smallest absolute Gasteiger partial charge is 0.261 e. The van der Waals surface area contributed by atoms with Gasteiger partial charge < -0.3 is 15.0 Å². The Morgan fingerprint density at radius 2 is 1.93 bits per heavy atom. The van der Waals surface area contributed by atoms with Crippen molar-refractivity contribution < 1.29 is 14.3 Å². The van der Waals surface area contributed by atoms with Crippen molar-refractivity contribution in [3.63, 3.8) is 0 Å². The maximum atomic E-state index is 12.8.